The minimum atomic E-state index is -4.61. The molecule has 0 spiro atoms. The standard InChI is InChI=1S/C17H22F3N7O2/c18-17(19,20)16(13-3-1-5-21-11-13)22-15(28)4-2-6-27-14(23-24-25-27)12-26-7-9-29-10-8-26/h1,3,5,11,16H,2,4,6-10,12H2,(H,22,28). The molecule has 0 aromatic carbocycles. The summed E-state index contributed by atoms with van der Waals surface area (Å²) >= 11 is 0. The number of morpholine rings is 1. The maximum absolute atomic E-state index is 13.3. The van der Waals surface area contributed by atoms with Gasteiger partial charge in [-0.3, -0.25) is 14.7 Å². The van der Waals surface area contributed by atoms with Crippen LogP contribution in [0, 0.1) is 0 Å². The van der Waals surface area contributed by atoms with Crippen molar-refractivity contribution in [3.8, 4) is 0 Å². The molecule has 3 rings (SSSR count). The average Bonchev–Trinajstić information content (AvgIpc) is 3.13. The first-order valence-electron chi connectivity index (χ1n) is 9.24. The maximum atomic E-state index is 13.3. The minimum absolute atomic E-state index is 0.0797. The lowest BCUT2D eigenvalue weighted by Gasteiger charge is -2.25. The summed E-state index contributed by atoms with van der Waals surface area (Å²) in [5.41, 5.74) is -0.110. The number of pyridine rings is 1. The third-order valence-electron chi connectivity index (χ3n) is 4.50. The fourth-order valence-electron chi connectivity index (χ4n) is 2.99. The normalized spacial score (nSPS) is 16.5. The molecule has 2 aromatic heterocycles. The summed E-state index contributed by atoms with van der Waals surface area (Å²) in [5, 5.41) is 13.6. The molecule has 1 aliphatic heterocycles. The van der Waals surface area contributed by atoms with Gasteiger partial charge in [-0.25, -0.2) is 4.68 Å². The number of carbonyl (C=O) groups is 1. The first-order valence-corrected chi connectivity index (χ1v) is 9.24. The lowest BCUT2D eigenvalue weighted by molar-refractivity contribution is -0.163. The van der Waals surface area contributed by atoms with Gasteiger partial charge in [-0.05, 0) is 22.9 Å². The summed E-state index contributed by atoms with van der Waals surface area (Å²) in [6.07, 6.45) is -1.91. The second kappa shape index (κ2) is 9.74. The number of amides is 1. The molecule has 29 heavy (non-hydrogen) atoms. The summed E-state index contributed by atoms with van der Waals surface area (Å²) in [5.74, 6) is -0.0465. The Morgan fingerprint density at radius 1 is 1.31 bits per heavy atom. The summed E-state index contributed by atoms with van der Waals surface area (Å²) in [6.45, 7) is 3.76. The molecule has 3 heterocycles. The van der Waals surface area contributed by atoms with Gasteiger partial charge < -0.3 is 10.1 Å². The number of tetrazole rings is 1. The van der Waals surface area contributed by atoms with Crippen molar-refractivity contribution < 1.29 is 22.7 Å². The highest BCUT2D eigenvalue weighted by molar-refractivity contribution is 5.76. The minimum Gasteiger partial charge on any atom is -0.379 e. The van der Waals surface area contributed by atoms with E-state index in [1.807, 2.05) is 5.32 Å². The zero-order chi connectivity index (χ0) is 20.7. The number of nitrogens with zero attached hydrogens (tertiary/aromatic N) is 6. The van der Waals surface area contributed by atoms with Crippen molar-refractivity contribution in [3.63, 3.8) is 0 Å². The van der Waals surface area contributed by atoms with Crippen LogP contribution in [0.25, 0.3) is 0 Å². The third kappa shape index (κ3) is 6.19. The molecule has 0 saturated carbocycles. The van der Waals surface area contributed by atoms with E-state index in [4.69, 9.17) is 4.74 Å². The van der Waals surface area contributed by atoms with E-state index in [1.165, 1.54) is 18.3 Å². The molecule has 1 atom stereocenters. The number of carbonyl (C=O) groups excluding carboxylic acids is 1. The van der Waals surface area contributed by atoms with Crippen molar-refractivity contribution in [2.24, 2.45) is 0 Å². The van der Waals surface area contributed by atoms with Gasteiger partial charge in [0.05, 0.1) is 19.8 Å². The largest absolute Gasteiger partial charge is 0.412 e. The smallest absolute Gasteiger partial charge is 0.379 e. The molecule has 0 radical (unpaired) electrons. The van der Waals surface area contributed by atoms with Gasteiger partial charge in [-0.15, -0.1) is 5.10 Å². The number of hydrogen-bond acceptors (Lipinski definition) is 7. The molecule has 1 fully saturated rings. The molecule has 1 amide bonds. The van der Waals surface area contributed by atoms with Gasteiger partial charge in [0.25, 0.3) is 0 Å². The first kappa shape index (κ1) is 21.1. The van der Waals surface area contributed by atoms with E-state index in [9.17, 15) is 18.0 Å². The average molecular weight is 413 g/mol. The molecule has 158 valence electrons. The Labute approximate surface area is 165 Å². The number of aryl methyl sites for hydroxylation is 1. The van der Waals surface area contributed by atoms with Crippen LogP contribution in [0.1, 0.15) is 30.3 Å². The molecule has 1 aliphatic rings. The monoisotopic (exact) mass is 413 g/mol. The zero-order valence-electron chi connectivity index (χ0n) is 15.7. The predicted octanol–water partition coefficient (Wildman–Crippen LogP) is 1.10. The summed E-state index contributed by atoms with van der Waals surface area (Å²) < 4.78 is 46.8. The number of aromatic nitrogens is 5. The van der Waals surface area contributed by atoms with E-state index in [-0.39, 0.29) is 12.0 Å². The number of hydrogen-bond donors (Lipinski definition) is 1. The van der Waals surface area contributed by atoms with Crippen LogP contribution in [0.4, 0.5) is 13.2 Å². The van der Waals surface area contributed by atoms with Crippen molar-refractivity contribution in [2.45, 2.75) is 38.1 Å². The summed E-state index contributed by atoms with van der Waals surface area (Å²) in [4.78, 5) is 17.9. The SMILES string of the molecule is O=C(CCCn1nnnc1CN1CCOCC1)NC(c1cccnc1)C(F)(F)F. The van der Waals surface area contributed by atoms with Crippen molar-refractivity contribution >= 4 is 5.91 Å². The van der Waals surface area contributed by atoms with E-state index in [2.05, 4.69) is 25.4 Å². The van der Waals surface area contributed by atoms with E-state index in [0.29, 0.717) is 38.5 Å². The Kier molecular flexibility index (Phi) is 7.09. The van der Waals surface area contributed by atoms with Crippen LogP contribution in [0.2, 0.25) is 0 Å². The highest BCUT2D eigenvalue weighted by atomic mass is 19.4. The highest BCUT2D eigenvalue weighted by Crippen LogP contribution is 2.32. The van der Waals surface area contributed by atoms with E-state index >= 15 is 0 Å². The third-order valence-corrected chi connectivity index (χ3v) is 4.50. The summed E-state index contributed by atoms with van der Waals surface area (Å²) in [7, 11) is 0. The fraction of sp³-hybridized carbons (Fsp3) is 0.588. The van der Waals surface area contributed by atoms with Crippen LogP contribution in [0.15, 0.2) is 24.5 Å². The predicted molar refractivity (Wildman–Crippen MR) is 94.3 cm³/mol. The fourth-order valence-corrected chi connectivity index (χ4v) is 2.99. The Balaban J connectivity index is 1.50. The first-order chi connectivity index (χ1) is 13.9. The van der Waals surface area contributed by atoms with E-state index in [0.717, 1.165) is 19.3 Å². The van der Waals surface area contributed by atoms with E-state index < -0.39 is 18.1 Å². The molecule has 12 heteroatoms. The Hall–Kier alpha value is -2.60. The second-order valence-electron chi connectivity index (χ2n) is 6.64. The molecule has 1 unspecified atom stereocenters. The lowest BCUT2D eigenvalue weighted by atomic mass is 10.1. The molecular weight excluding hydrogens is 391 g/mol. The van der Waals surface area contributed by atoms with Gasteiger partial charge >= 0.3 is 6.18 Å². The van der Waals surface area contributed by atoms with Gasteiger partial charge in [0.15, 0.2) is 11.9 Å². The molecule has 2 aromatic rings. The molecule has 1 saturated heterocycles. The van der Waals surface area contributed by atoms with E-state index in [1.54, 1.807) is 4.68 Å². The van der Waals surface area contributed by atoms with Crippen molar-refractivity contribution in [1.29, 1.82) is 0 Å². The van der Waals surface area contributed by atoms with Crippen LogP contribution < -0.4 is 5.32 Å². The Morgan fingerprint density at radius 3 is 2.79 bits per heavy atom. The molecule has 0 bridgehead atoms. The molecular formula is C17H22F3N7O2. The quantitative estimate of drug-likeness (QED) is 0.692. The summed E-state index contributed by atoms with van der Waals surface area (Å²) in [6, 6.07) is 0.590. The van der Waals surface area contributed by atoms with Gasteiger partial charge in [0.1, 0.15) is 0 Å². The lowest BCUT2D eigenvalue weighted by Crippen LogP contribution is -2.38. The topological polar surface area (TPSA) is 98.1 Å². The van der Waals surface area contributed by atoms with Crippen LogP contribution in [0.3, 0.4) is 0 Å². The van der Waals surface area contributed by atoms with Gasteiger partial charge in [0, 0.05) is 44.0 Å². The highest BCUT2D eigenvalue weighted by Gasteiger charge is 2.41. The van der Waals surface area contributed by atoms with Crippen LogP contribution in [-0.4, -0.2) is 68.5 Å². The van der Waals surface area contributed by atoms with Crippen molar-refractivity contribution in [1.82, 2.24) is 35.4 Å². The zero-order valence-corrected chi connectivity index (χ0v) is 15.7. The number of nitrogens with one attached hydrogen (secondary N) is 1. The molecule has 9 nitrogen and oxygen atoms in total. The van der Waals surface area contributed by atoms with Gasteiger partial charge in [-0.1, -0.05) is 6.07 Å². The number of halogens is 3. The Morgan fingerprint density at radius 2 is 2.10 bits per heavy atom. The van der Waals surface area contributed by atoms with Gasteiger partial charge in [-0.2, -0.15) is 13.2 Å². The number of rotatable bonds is 8. The maximum Gasteiger partial charge on any atom is 0.412 e. The van der Waals surface area contributed by atoms with Crippen LogP contribution in [-0.2, 0) is 22.6 Å². The molecule has 1 N–H and O–H groups in total. The number of alkyl halides is 3. The van der Waals surface area contributed by atoms with Crippen molar-refractivity contribution in [3.05, 3.63) is 35.9 Å². The Bertz CT molecular complexity index is 779. The van der Waals surface area contributed by atoms with Gasteiger partial charge in [0.2, 0.25) is 5.91 Å². The van der Waals surface area contributed by atoms with Crippen LogP contribution >= 0.6 is 0 Å². The van der Waals surface area contributed by atoms with Crippen LogP contribution in [0.5, 0.6) is 0 Å². The number of ether oxygens (including phenoxy) is 1. The second-order valence-corrected chi connectivity index (χ2v) is 6.64. The van der Waals surface area contributed by atoms with Crippen molar-refractivity contribution in [2.75, 3.05) is 26.3 Å². The molecule has 0 aliphatic carbocycles.